The van der Waals surface area contributed by atoms with Crippen molar-refractivity contribution in [2.45, 2.75) is 38.4 Å². The smallest absolute Gasteiger partial charge is 0.343 e. The molecular weight excluding hydrogens is 471 g/mol. The molecule has 0 radical (unpaired) electrons. The van der Waals surface area contributed by atoms with Crippen molar-refractivity contribution < 1.29 is 31.2 Å². The Bertz CT molecular complexity index is 1150. The second-order valence-corrected chi connectivity index (χ2v) is 9.94. The summed E-state index contributed by atoms with van der Waals surface area (Å²) in [5.41, 5.74) is -0.320. The highest BCUT2D eigenvalue weighted by Crippen LogP contribution is 2.31. The quantitative estimate of drug-likeness (QED) is 0.549. The standard InChI is InChI=1S/C23H26F3N3O4S/c1-2-12-34(32,33)28-19-9-4-7-17(14-19)22(31)27-20(15-29-11-5-10-21(29)30)16-6-3-8-18(13-16)23(24,25)26/h3-4,6-9,13-14,20,28H,2,5,10-12,15H2,1H3,(H,27,31). The highest BCUT2D eigenvalue weighted by Gasteiger charge is 2.32. The number of amides is 2. The molecule has 1 aliphatic heterocycles. The molecular formula is C23H26F3N3O4S. The first-order valence-corrected chi connectivity index (χ1v) is 12.5. The summed E-state index contributed by atoms with van der Waals surface area (Å²) in [6.07, 6.45) is -3.15. The molecule has 1 aliphatic rings. The second kappa shape index (κ2) is 10.5. The van der Waals surface area contributed by atoms with Crippen LogP contribution in [0.3, 0.4) is 0 Å². The van der Waals surface area contributed by atoms with E-state index in [2.05, 4.69) is 10.0 Å². The number of hydrogen-bond acceptors (Lipinski definition) is 4. The van der Waals surface area contributed by atoms with Gasteiger partial charge in [-0.15, -0.1) is 0 Å². The van der Waals surface area contributed by atoms with Crippen molar-refractivity contribution in [1.29, 1.82) is 0 Å². The molecule has 1 saturated heterocycles. The highest BCUT2D eigenvalue weighted by molar-refractivity contribution is 7.92. The molecule has 0 saturated carbocycles. The lowest BCUT2D eigenvalue weighted by Crippen LogP contribution is -2.38. The third-order valence-electron chi connectivity index (χ3n) is 5.37. The first kappa shape index (κ1) is 25.5. The number of rotatable bonds is 9. The highest BCUT2D eigenvalue weighted by atomic mass is 32.2. The second-order valence-electron chi connectivity index (χ2n) is 8.09. The van der Waals surface area contributed by atoms with Gasteiger partial charge in [-0.25, -0.2) is 8.42 Å². The van der Waals surface area contributed by atoms with E-state index in [0.29, 0.717) is 25.8 Å². The molecule has 3 rings (SSSR count). The molecule has 2 N–H and O–H groups in total. The van der Waals surface area contributed by atoms with Crippen LogP contribution in [0.4, 0.5) is 18.9 Å². The van der Waals surface area contributed by atoms with Crippen LogP contribution >= 0.6 is 0 Å². The van der Waals surface area contributed by atoms with Crippen molar-refractivity contribution in [3.63, 3.8) is 0 Å². The molecule has 0 spiro atoms. The predicted molar refractivity (Wildman–Crippen MR) is 122 cm³/mol. The van der Waals surface area contributed by atoms with Gasteiger partial charge in [0.05, 0.1) is 17.4 Å². The molecule has 1 atom stereocenters. The number of likely N-dealkylation sites (tertiary alicyclic amines) is 1. The summed E-state index contributed by atoms with van der Waals surface area (Å²) in [5.74, 6) is -0.811. The monoisotopic (exact) mass is 497 g/mol. The number of alkyl halides is 3. The van der Waals surface area contributed by atoms with Crippen LogP contribution in [-0.2, 0) is 21.0 Å². The van der Waals surface area contributed by atoms with Crippen molar-refractivity contribution >= 4 is 27.5 Å². The number of nitrogens with zero attached hydrogens (tertiary/aromatic N) is 1. The van der Waals surface area contributed by atoms with Crippen LogP contribution in [0.15, 0.2) is 48.5 Å². The molecule has 7 nitrogen and oxygen atoms in total. The minimum atomic E-state index is -4.56. The van der Waals surface area contributed by atoms with Gasteiger partial charge in [-0.2, -0.15) is 13.2 Å². The molecule has 184 valence electrons. The van der Waals surface area contributed by atoms with Crippen LogP contribution in [0, 0.1) is 0 Å². The van der Waals surface area contributed by atoms with Gasteiger partial charge in [0.15, 0.2) is 0 Å². The first-order chi connectivity index (χ1) is 16.0. The summed E-state index contributed by atoms with van der Waals surface area (Å²) in [4.78, 5) is 26.6. The van der Waals surface area contributed by atoms with Crippen molar-refractivity contribution in [3.8, 4) is 0 Å². The summed E-state index contributed by atoms with van der Waals surface area (Å²) >= 11 is 0. The zero-order valence-electron chi connectivity index (χ0n) is 18.6. The number of halogens is 3. The number of sulfonamides is 1. The molecule has 2 aromatic carbocycles. The third kappa shape index (κ3) is 6.72. The first-order valence-electron chi connectivity index (χ1n) is 10.8. The maximum absolute atomic E-state index is 13.3. The molecule has 2 aromatic rings. The Hall–Kier alpha value is -3.08. The average Bonchev–Trinajstić information content (AvgIpc) is 3.17. The van der Waals surface area contributed by atoms with Crippen LogP contribution in [0.2, 0.25) is 0 Å². The molecule has 11 heteroatoms. The van der Waals surface area contributed by atoms with Gasteiger partial charge < -0.3 is 10.2 Å². The number of benzene rings is 2. The number of carbonyl (C=O) groups is 2. The number of carbonyl (C=O) groups excluding carboxylic acids is 2. The Morgan fingerprint density at radius 2 is 1.88 bits per heavy atom. The van der Waals surface area contributed by atoms with Crippen LogP contribution in [0.5, 0.6) is 0 Å². The fourth-order valence-corrected chi connectivity index (χ4v) is 4.87. The molecule has 1 unspecified atom stereocenters. The van der Waals surface area contributed by atoms with E-state index in [4.69, 9.17) is 0 Å². The molecule has 2 amide bonds. The minimum Gasteiger partial charge on any atom is -0.343 e. The van der Waals surface area contributed by atoms with Gasteiger partial charge in [0.1, 0.15) is 0 Å². The van der Waals surface area contributed by atoms with Gasteiger partial charge in [0, 0.05) is 30.8 Å². The zero-order chi connectivity index (χ0) is 24.9. The fourth-order valence-electron chi connectivity index (χ4n) is 3.75. The molecule has 34 heavy (non-hydrogen) atoms. The Balaban J connectivity index is 1.86. The topological polar surface area (TPSA) is 95.6 Å². The van der Waals surface area contributed by atoms with Gasteiger partial charge in [-0.3, -0.25) is 14.3 Å². The Kier molecular flexibility index (Phi) is 7.86. The third-order valence-corrected chi connectivity index (χ3v) is 6.86. The van der Waals surface area contributed by atoms with E-state index in [-0.39, 0.29) is 35.0 Å². The lowest BCUT2D eigenvalue weighted by atomic mass is 10.0. The van der Waals surface area contributed by atoms with Crippen LogP contribution in [0.25, 0.3) is 0 Å². The van der Waals surface area contributed by atoms with Crippen LogP contribution in [0.1, 0.15) is 53.7 Å². The lowest BCUT2D eigenvalue weighted by Gasteiger charge is -2.26. The average molecular weight is 498 g/mol. The van der Waals surface area contributed by atoms with Gasteiger partial charge in [-0.1, -0.05) is 25.1 Å². The Morgan fingerprint density at radius 3 is 2.53 bits per heavy atom. The molecule has 1 heterocycles. The maximum atomic E-state index is 13.3. The molecule has 1 fully saturated rings. The van der Waals surface area contributed by atoms with Crippen molar-refractivity contribution in [1.82, 2.24) is 10.2 Å². The van der Waals surface area contributed by atoms with Gasteiger partial charge in [0.2, 0.25) is 15.9 Å². The van der Waals surface area contributed by atoms with E-state index in [0.717, 1.165) is 12.1 Å². The van der Waals surface area contributed by atoms with Crippen LogP contribution < -0.4 is 10.0 Å². The summed E-state index contributed by atoms with van der Waals surface area (Å²) in [6, 6.07) is 9.55. The summed E-state index contributed by atoms with van der Waals surface area (Å²) < 4.78 is 66.2. The fraction of sp³-hybridized carbons (Fsp3) is 0.391. The minimum absolute atomic E-state index is 0.0225. The van der Waals surface area contributed by atoms with Gasteiger partial charge in [-0.05, 0) is 48.7 Å². The van der Waals surface area contributed by atoms with Gasteiger partial charge >= 0.3 is 6.18 Å². The normalized spacial score (nSPS) is 15.3. The van der Waals surface area contributed by atoms with E-state index in [1.807, 2.05) is 0 Å². The van der Waals surface area contributed by atoms with E-state index in [9.17, 15) is 31.2 Å². The summed E-state index contributed by atoms with van der Waals surface area (Å²) in [5, 5.41) is 2.71. The molecule has 0 aliphatic carbocycles. The maximum Gasteiger partial charge on any atom is 0.416 e. The lowest BCUT2D eigenvalue weighted by molar-refractivity contribution is -0.137. The Morgan fingerprint density at radius 1 is 1.15 bits per heavy atom. The zero-order valence-corrected chi connectivity index (χ0v) is 19.4. The molecule has 0 bridgehead atoms. The Labute approximate surface area is 196 Å². The van der Waals surface area contributed by atoms with E-state index in [1.165, 1.54) is 41.3 Å². The van der Waals surface area contributed by atoms with Crippen LogP contribution in [-0.4, -0.2) is 44.0 Å². The number of nitrogens with one attached hydrogen (secondary N) is 2. The largest absolute Gasteiger partial charge is 0.416 e. The van der Waals surface area contributed by atoms with E-state index >= 15 is 0 Å². The van der Waals surface area contributed by atoms with Gasteiger partial charge in [0.25, 0.3) is 5.91 Å². The molecule has 0 aromatic heterocycles. The van der Waals surface area contributed by atoms with Crippen molar-refractivity contribution in [3.05, 3.63) is 65.2 Å². The predicted octanol–water partition coefficient (Wildman–Crippen LogP) is 3.95. The number of hydrogen-bond donors (Lipinski definition) is 2. The van der Waals surface area contributed by atoms with Crippen molar-refractivity contribution in [2.75, 3.05) is 23.6 Å². The summed E-state index contributed by atoms with van der Waals surface area (Å²) in [6.45, 7) is 2.20. The summed E-state index contributed by atoms with van der Waals surface area (Å²) in [7, 11) is -3.57. The number of anilines is 1. The van der Waals surface area contributed by atoms with E-state index < -0.39 is 33.7 Å². The SMILES string of the molecule is CCCS(=O)(=O)Nc1cccc(C(=O)NC(CN2CCCC2=O)c2cccc(C(F)(F)F)c2)c1. The van der Waals surface area contributed by atoms with Crippen molar-refractivity contribution in [2.24, 2.45) is 0 Å². The van der Waals surface area contributed by atoms with E-state index in [1.54, 1.807) is 6.92 Å².